The van der Waals surface area contributed by atoms with E-state index in [9.17, 15) is 30.7 Å². The zero-order valence-corrected chi connectivity index (χ0v) is 29.5. The van der Waals surface area contributed by atoms with E-state index in [2.05, 4.69) is 25.5 Å². The van der Waals surface area contributed by atoms with Gasteiger partial charge in [-0.25, -0.2) is 21.7 Å². The van der Waals surface area contributed by atoms with Crippen molar-refractivity contribution in [2.24, 2.45) is 17.3 Å². The van der Waals surface area contributed by atoms with Gasteiger partial charge < -0.3 is 19.0 Å². The number of carbonyl (C=O) groups excluding carboxylic acids is 1. The summed E-state index contributed by atoms with van der Waals surface area (Å²) < 4.78 is 73.1. The van der Waals surface area contributed by atoms with Crippen molar-refractivity contribution >= 4 is 70.7 Å². The van der Waals surface area contributed by atoms with Gasteiger partial charge in [0.2, 0.25) is 5.91 Å². The number of anilines is 1. The Balaban J connectivity index is 0.00000264. The summed E-state index contributed by atoms with van der Waals surface area (Å²) in [5.41, 5.74) is 2.18. The van der Waals surface area contributed by atoms with Crippen molar-refractivity contribution in [3.8, 4) is 0 Å². The molecule has 0 saturated carbocycles. The summed E-state index contributed by atoms with van der Waals surface area (Å²) in [7, 11) is -8.56. The summed E-state index contributed by atoms with van der Waals surface area (Å²) in [5.74, 6) is -0.218. The third kappa shape index (κ3) is 7.13. The molecule has 0 bridgehead atoms. The first-order chi connectivity index (χ1) is 19.8. The molecule has 0 saturated heterocycles. The summed E-state index contributed by atoms with van der Waals surface area (Å²) in [6, 6.07) is 12.5. The van der Waals surface area contributed by atoms with Gasteiger partial charge in [-0.3, -0.25) is 9.48 Å². The minimum atomic E-state index is -5.12. The largest absolute Gasteiger partial charge is 1.00 e. The molecule has 214 valence electrons. The van der Waals surface area contributed by atoms with Crippen LogP contribution in [0.25, 0.3) is 26.5 Å². The second-order valence-electron chi connectivity index (χ2n) is 9.14. The van der Waals surface area contributed by atoms with Crippen molar-refractivity contribution in [2.45, 2.75) is 23.3 Å². The number of aromatic nitrogens is 3. The minimum Gasteiger partial charge on any atom is -0.744 e. The van der Waals surface area contributed by atoms with Crippen molar-refractivity contribution in [3.63, 3.8) is 0 Å². The van der Waals surface area contributed by atoms with E-state index in [0.717, 1.165) is 6.07 Å². The topological polar surface area (TPSA) is 195 Å². The van der Waals surface area contributed by atoms with E-state index in [0.29, 0.717) is 28.4 Å². The molecule has 0 unspecified atom stereocenters. The maximum Gasteiger partial charge on any atom is 1.00 e. The number of hydrogen-bond donors (Lipinski definition) is 1. The van der Waals surface area contributed by atoms with Crippen LogP contribution in [0.1, 0.15) is 5.69 Å². The summed E-state index contributed by atoms with van der Waals surface area (Å²) in [4.78, 5) is 14.8. The van der Waals surface area contributed by atoms with Crippen molar-refractivity contribution in [1.82, 2.24) is 14.3 Å². The average molecular weight is 652 g/mol. The molecule has 5 rings (SSSR count). The standard InChI is InChI=1S/C26H21N7O7S2.2Na/c1-15-25(30-31-26-21(27-2)13-28-32(26)3)20-6-4-5-7-22(20)33(15)14-24(34)29-17-8-9-19-16(10-17)11-18(41(35,36)37)12-23(19)42(38,39)40;;/h4-13H,14H2,1,3H3,(H,29,34)(H,35,36,37)(H,38,39,40);;/q;2*+1/p-2. The van der Waals surface area contributed by atoms with Crippen LogP contribution in [0.5, 0.6) is 0 Å². The van der Waals surface area contributed by atoms with Gasteiger partial charge in [0.1, 0.15) is 32.5 Å². The molecule has 18 heteroatoms. The number of carbonyl (C=O) groups is 1. The molecule has 0 aliphatic heterocycles. The average Bonchev–Trinajstić information content (AvgIpc) is 3.41. The van der Waals surface area contributed by atoms with Gasteiger partial charge in [-0.05, 0) is 48.0 Å². The molecular formula is C26H19N7Na2O7S2. The number of nitrogens with one attached hydrogen (secondary N) is 1. The second-order valence-corrected chi connectivity index (χ2v) is 11.9. The monoisotopic (exact) mass is 651 g/mol. The first-order valence-corrected chi connectivity index (χ1v) is 14.8. The summed E-state index contributed by atoms with van der Waals surface area (Å²) in [5, 5.41) is 15.8. The first-order valence-electron chi connectivity index (χ1n) is 12.0. The number of azo groups is 1. The predicted molar refractivity (Wildman–Crippen MR) is 149 cm³/mol. The molecule has 1 N–H and O–H groups in total. The molecule has 3 aromatic carbocycles. The van der Waals surface area contributed by atoms with Gasteiger partial charge in [0, 0.05) is 23.8 Å². The zero-order valence-electron chi connectivity index (χ0n) is 23.8. The van der Waals surface area contributed by atoms with Crippen LogP contribution in [0.2, 0.25) is 0 Å². The quantitative estimate of drug-likeness (QED) is 0.0926. The molecule has 1 amide bonds. The molecule has 0 aliphatic carbocycles. The minimum absolute atomic E-state index is 0. The first kappa shape index (κ1) is 35.5. The molecule has 44 heavy (non-hydrogen) atoms. The Kier molecular flexibility index (Phi) is 11.0. The number of para-hydroxylation sites is 1. The fourth-order valence-electron chi connectivity index (χ4n) is 4.54. The van der Waals surface area contributed by atoms with Gasteiger partial charge in [-0.15, -0.1) is 10.2 Å². The van der Waals surface area contributed by atoms with Crippen molar-refractivity contribution in [1.29, 1.82) is 0 Å². The summed E-state index contributed by atoms with van der Waals surface area (Å²) in [6.07, 6.45) is 1.38. The van der Waals surface area contributed by atoms with Gasteiger partial charge in [-0.2, -0.15) is 5.10 Å². The Morgan fingerprint density at radius 2 is 1.70 bits per heavy atom. The van der Waals surface area contributed by atoms with E-state index in [1.54, 1.807) is 30.7 Å². The van der Waals surface area contributed by atoms with E-state index < -0.39 is 35.9 Å². The SMILES string of the molecule is [C-]#[N+]c1cnn(C)c1N=Nc1c(C)n(CC(=O)Nc2ccc3c(S(=O)(=O)[O-])cc(S(=O)(=O)[O-])cc3c2)c2ccccc12.[Na+].[Na+]. The van der Waals surface area contributed by atoms with Crippen LogP contribution in [0, 0.1) is 13.5 Å². The van der Waals surface area contributed by atoms with E-state index in [1.165, 1.54) is 29.1 Å². The van der Waals surface area contributed by atoms with E-state index in [-0.39, 0.29) is 93.6 Å². The van der Waals surface area contributed by atoms with Crippen LogP contribution < -0.4 is 64.4 Å². The van der Waals surface area contributed by atoms with Gasteiger partial charge in [0.25, 0.3) is 5.69 Å². The number of aryl methyl sites for hydroxylation is 1. The van der Waals surface area contributed by atoms with Crippen LogP contribution in [-0.4, -0.2) is 46.2 Å². The van der Waals surface area contributed by atoms with Crippen molar-refractivity contribution in [3.05, 3.63) is 77.9 Å². The van der Waals surface area contributed by atoms with Gasteiger partial charge in [0.05, 0.1) is 28.1 Å². The van der Waals surface area contributed by atoms with Crippen molar-refractivity contribution in [2.75, 3.05) is 5.32 Å². The Morgan fingerprint density at radius 3 is 2.36 bits per heavy atom. The number of hydrogen-bond acceptors (Lipinski definition) is 10. The van der Waals surface area contributed by atoms with E-state index >= 15 is 0 Å². The third-order valence-electron chi connectivity index (χ3n) is 6.48. The normalized spacial score (nSPS) is 11.7. The van der Waals surface area contributed by atoms with Gasteiger partial charge in [-0.1, -0.05) is 24.3 Å². The van der Waals surface area contributed by atoms with Crippen LogP contribution in [-0.2, 0) is 38.6 Å². The smallest absolute Gasteiger partial charge is 0.744 e. The molecule has 5 aromatic rings. The zero-order chi connectivity index (χ0) is 30.4. The Morgan fingerprint density at radius 1 is 1.00 bits per heavy atom. The molecule has 0 aliphatic rings. The molecule has 2 aromatic heterocycles. The molecule has 2 heterocycles. The molecule has 0 spiro atoms. The number of rotatable bonds is 7. The molecule has 0 atom stereocenters. The van der Waals surface area contributed by atoms with E-state index in [4.69, 9.17) is 6.57 Å². The maximum absolute atomic E-state index is 13.1. The van der Waals surface area contributed by atoms with Crippen LogP contribution in [0.3, 0.4) is 0 Å². The third-order valence-corrected chi connectivity index (χ3v) is 8.17. The second kappa shape index (κ2) is 13.6. The number of benzene rings is 3. The summed E-state index contributed by atoms with van der Waals surface area (Å²) in [6.45, 7) is 8.87. The fraction of sp³-hybridized carbons (Fsp3) is 0.115. The predicted octanol–water partition coefficient (Wildman–Crippen LogP) is -1.74. The molecule has 0 fully saturated rings. The van der Waals surface area contributed by atoms with Crippen LogP contribution in [0.4, 0.5) is 22.9 Å². The maximum atomic E-state index is 13.1. The number of nitrogens with zero attached hydrogens (tertiary/aromatic N) is 6. The summed E-state index contributed by atoms with van der Waals surface area (Å²) >= 11 is 0. The number of amides is 1. The molecule has 14 nitrogen and oxygen atoms in total. The van der Waals surface area contributed by atoms with Crippen LogP contribution in [0.15, 0.2) is 80.8 Å². The van der Waals surface area contributed by atoms with Crippen molar-refractivity contribution < 1.29 is 89.9 Å². The molecule has 0 radical (unpaired) electrons. The van der Waals surface area contributed by atoms with Crippen LogP contribution >= 0.6 is 0 Å². The van der Waals surface area contributed by atoms with Gasteiger partial charge in [0.15, 0.2) is 5.82 Å². The Bertz CT molecular complexity index is 2220. The number of fused-ring (bicyclic) bond motifs is 2. The Hall–Kier alpha value is -2.95. The van der Waals surface area contributed by atoms with E-state index in [1.807, 2.05) is 12.1 Å². The van der Waals surface area contributed by atoms with Gasteiger partial charge >= 0.3 is 59.1 Å². The molecular weight excluding hydrogens is 632 g/mol. The Labute approximate surface area is 296 Å². The fourth-order valence-corrected chi connectivity index (χ4v) is 5.87.